The van der Waals surface area contributed by atoms with Gasteiger partial charge in [0.15, 0.2) is 0 Å². The highest BCUT2D eigenvalue weighted by atomic mass is 16.5. The highest BCUT2D eigenvalue weighted by Crippen LogP contribution is 2.18. The average Bonchev–Trinajstić information content (AvgIpc) is 3.25. The second kappa shape index (κ2) is 10.5. The van der Waals surface area contributed by atoms with Crippen LogP contribution < -0.4 is 14.2 Å². The van der Waals surface area contributed by atoms with E-state index in [1.807, 2.05) is 60.7 Å². The molecule has 0 saturated carbocycles. The number of hydrogen-bond donors (Lipinski definition) is 1. The smallest absolute Gasteiger partial charge is 0.119 e. The van der Waals surface area contributed by atoms with Crippen LogP contribution in [0.25, 0.3) is 0 Å². The average molecular weight is 397 g/mol. The van der Waals surface area contributed by atoms with Crippen molar-refractivity contribution >= 4 is 0 Å². The van der Waals surface area contributed by atoms with Crippen LogP contribution in [0.2, 0.25) is 0 Å². The van der Waals surface area contributed by atoms with E-state index in [-0.39, 0.29) is 6.61 Å². The number of nitrogens with zero attached hydrogens (tertiary/aromatic N) is 1. The number of hydrogen-bond acceptors (Lipinski definition) is 6. The molecule has 0 saturated heterocycles. The Balaban J connectivity index is 1.60. The molecule has 29 heavy (non-hydrogen) atoms. The molecule has 0 spiro atoms. The number of furan rings is 1. The minimum atomic E-state index is -0.655. The van der Waals surface area contributed by atoms with E-state index in [9.17, 15) is 5.11 Å². The lowest BCUT2D eigenvalue weighted by molar-refractivity contribution is 0.0604. The van der Waals surface area contributed by atoms with E-state index in [1.165, 1.54) is 0 Å². The SMILES string of the molecule is COc1ccc(OC[C@@H](O)CN(Cc2cccc(OC)c2)Cc2ccco2)cc1. The summed E-state index contributed by atoms with van der Waals surface area (Å²) in [7, 11) is 3.27. The van der Waals surface area contributed by atoms with Crippen molar-refractivity contribution in [3.05, 3.63) is 78.3 Å². The van der Waals surface area contributed by atoms with Crippen LogP contribution in [-0.2, 0) is 13.1 Å². The Labute approximate surface area is 171 Å². The third-order valence-electron chi connectivity index (χ3n) is 4.47. The van der Waals surface area contributed by atoms with Crippen LogP contribution >= 0.6 is 0 Å². The van der Waals surface area contributed by atoms with E-state index < -0.39 is 6.10 Å². The summed E-state index contributed by atoms with van der Waals surface area (Å²) in [6.07, 6.45) is 1.00. The lowest BCUT2D eigenvalue weighted by Gasteiger charge is -2.24. The molecule has 0 aliphatic carbocycles. The maximum atomic E-state index is 10.5. The second-order valence-electron chi connectivity index (χ2n) is 6.74. The van der Waals surface area contributed by atoms with Crippen LogP contribution in [-0.4, -0.2) is 43.5 Å². The molecule has 154 valence electrons. The van der Waals surface area contributed by atoms with Crippen LogP contribution in [0, 0.1) is 0 Å². The predicted molar refractivity (Wildman–Crippen MR) is 110 cm³/mol. The monoisotopic (exact) mass is 397 g/mol. The molecule has 0 aliphatic heterocycles. The van der Waals surface area contributed by atoms with Gasteiger partial charge in [-0.3, -0.25) is 4.90 Å². The van der Waals surface area contributed by atoms with E-state index >= 15 is 0 Å². The molecule has 0 radical (unpaired) electrons. The summed E-state index contributed by atoms with van der Waals surface area (Å²) in [5.41, 5.74) is 1.10. The van der Waals surface area contributed by atoms with Gasteiger partial charge in [0.2, 0.25) is 0 Å². The predicted octanol–water partition coefficient (Wildman–Crippen LogP) is 3.74. The van der Waals surface area contributed by atoms with Crippen LogP contribution in [0.4, 0.5) is 0 Å². The highest BCUT2D eigenvalue weighted by molar-refractivity contribution is 5.31. The molecule has 1 aromatic heterocycles. The highest BCUT2D eigenvalue weighted by Gasteiger charge is 2.15. The topological polar surface area (TPSA) is 64.3 Å². The van der Waals surface area contributed by atoms with Crippen molar-refractivity contribution in [2.45, 2.75) is 19.2 Å². The maximum Gasteiger partial charge on any atom is 0.119 e. The Bertz CT molecular complexity index is 848. The van der Waals surface area contributed by atoms with Crippen molar-refractivity contribution in [1.29, 1.82) is 0 Å². The quantitative estimate of drug-likeness (QED) is 0.532. The van der Waals surface area contributed by atoms with Crippen LogP contribution in [0.15, 0.2) is 71.3 Å². The number of aliphatic hydroxyl groups is 1. The lowest BCUT2D eigenvalue weighted by atomic mass is 10.2. The molecule has 1 N–H and O–H groups in total. The molecule has 6 nitrogen and oxygen atoms in total. The first-order chi connectivity index (χ1) is 14.2. The normalized spacial score (nSPS) is 12.0. The number of ether oxygens (including phenoxy) is 3. The molecule has 1 atom stereocenters. The Hall–Kier alpha value is -2.96. The van der Waals surface area contributed by atoms with Gasteiger partial charge >= 0.3 is 0 Å². The van der Waals surface area contributed by atoms with Gasteiger partial charge in [-0.05, 0) is 54.1 Å². The zero-order valence-corrected chi connectivity index (χ0v) is 16.8. The maximum absolute atomic E-state index is 10.5. The fourth-order valence-electron chi connectivity index (χ4n) is 3.05. The summed E-state index contributed by atoms with van der Waals surface area (Å²) >= 11 is 0. The fourth-order valence-corrected chi connectivity index (χ4v) is 3.05. The molecule has 6 heteroatoms. The molecule has 0 unspecified atom stereocenters. The van der Waals surface area contributed by atoms with Crippen molar-refractivity contribution in [1.82, 2.24) is 4.90 Å². The molecule has 3 rings (SSSR count). The molecule has 2 aromatic carbocycles. The summed E-state index contributed by atoms with van der Waals surface area (Å²) in [6, 6.07) is 19.0. The van der Waals surface area contributed by atoms with E-state index in [0.717, 1.165) is 22.8 Å². The van der Waals surface area contributed by atoms with Gasteiger partial charge in [0.05, 0.1) is 27.0 Å². The minimum absolute atomic E-state index is 0.194. The van der Waals surface area contributed by atoms with E-state index in [4.69, 9.17) is 18.6 Å². The molecule has 1 heterocycles. The van der Waals surface area contributed by atoms with Crippen LogP contribution in [0.3, 0.4) is 0 Å². The number of methoxy groups -OCH3 is 2. The Morgan fingerprint density at radius 1 is 0.897 bits per heavy atom. The van der Waals surface area contributed by atoms with E-state index in [2.05, 4.69) is 4.90 Å². The third kappa shape index (κ3) is 6.55. The van der Waals surface area contributed by atoms with E-state index in [1.54, 1.807) is 20.5 Å². The van der Waals surface area contributed by atoms with Gasteiger partial charge in [0, 0.05) is 13.1 Å². The molecule has 3 aromatic rings. The lowest BCUT2D eigenvalue weighted by Crippen LogP contribution is -2.35. The molecule has 0 aliphatic rings. The molecular formula is C23H27NO5. The molecule has 0 amide bonds. The Kier molecular flexibility index (Phi) is 7.55. The number of benzene rings is 2. The van der Waals surface area contributed by atoms with Crippen molar-refractivity contribution in [2.24, 2.45) is 0 Å². The zero-order valence-electron chi connectivity index (χ0n) is 16.8. The first kappa shape index (κ1) is 20.8. The van der Waals surface area contributed by atoms with Gasteiger partial charge in [-0.2, -0.15) is 0 Å². The number of aliphatic hydroxyl groups excluding tert-OH is 1. The third-order valence-corrected chi connectivity index (χ3v) is 4.47. The fraction of sp³-hybridized carbons (Fsp3) is 0.304. The summed E-state index contributed by atoms with van der Waals surface area (Å²) < 4.78 is 21.7. The van der Waals surface area contributed by atoms with Gasteiger partial charge < -0.3 is 23.7 Å². The first-order valence-electron chi connectivity index (χ1n) is 9.49. The van der Waals surface area contributed by atoms with Gasteiger partial charge in [-0.15, -0.1) is 0 Å². The van der Waals surface area contributed by atoms with Gasteiger partial charge in [0.25, 0.3) is 0 Å². The van der Waals surface area contributed by atoms with Gasteiger partial charge in [0.1, 0.15) is 35.7 Å². The van der Waals surface area contributed by atoms with Crippen molar-refractivity contribution in [3.8, 4) is 17.2 Å². The Morgan fingerprint density at radius 2 is 1.66 bits per heavy atom. The van der Waals surface area contributed by atoms with Crippen molar-refractivity contribution in [2.75, 3.05) is 27.4 Å². The van der Waals surface area contributed by atoms with Gasteiger partial charge in [-0.25, -0.2) is 0 Å². The summed E-state index contributed by atoms with van der Waals surface area (Å²) in [5.74, 6) is 3.11. The minimum Gasteiger partial charge on any atom is -0.497 e. The van der Waals surface area contributed by atoms with Crippen LogP contribution in [0.1, 0.15) is 11.3 Å². The molecular weight excluding hydrogens is 370 g/mol. The largest absolute Gasteiger partial charge is 0.497 e. The first-order valence-corrected chi connectivity index (χ1v) is 9.49. The van der Waals surface area contributed by atoms with Crippen LogP contribution in [0.5, 0.6) is 17.2 Å². The van der Waals surface area contributed by atoms with Crippen molar-refractivity contribution < 1.29 is 23.7 Å². The second-order valence-corrected chi connectivity index (χ2v) is 6.74. The summed E-state index contributed by atoms with van der Waals surface area (Å²) in [4.78, 5) is 2.12. The van der Waals surface area contributed by atoms with E-state index in [0.29, 0.717) is 25.4 Å². The standard InChI is InChI=1S/C23H27NO5/c1-26-20-8-10-21(11-9-20)29-17-19(25)15-24(16-23-7-4-12-28-23)14-18-5-3-6-22(13-18)27-2/h3-13,19,25H,14-17H2,1-2H3/t19-/m0/s1. The molecule has 0 fully saturated rings. The van der Waals surface area contributed by atoms with Gasteiger partial charge in [-0.1, -0.05) is 12.1 Å². The molecule has 0 bridgehead atoms. The summed E-state index contributed by atoms with van der Waals surface area (Å²) in [6.45, 7) is 1.87. The van der Waals surface area contributed by atoms with Crippen molar-refractivity contribution in [3.63, 3.8) is 0 Å². The zero-order chi connectivity index (χ0) is 20.5. The Morgan fingerprint density at radius 3 is 2.34 bits per heavy atom. The summed E-state index contributed by atoms with van der Waals surface area (Å²) in [5, 5.41) is 10.5. The number of rotatable bonds is 11.